The number of nitrogens with zero attached hydrogens (tertiary/aromatic N) is 1. The molecule has 1 aromatic rings. The molecule has 0 aromatic heterocycles. The Bertz CT molecular complexity index is 542. The molecule has 0 bridgehead atoms. The minimum absolute atomic E-state index is 0.161. The molecular weight excluding hydrogens is 328 g/mol. The summed E-state index contributed by atoms with van der Waals surface area (Å²) in [5.74, 6) is -0.322. The van der Waals surface area contributed by atoms with Crippen LogP contribution in [0.3, 0.4) is 0 Å². The molecule has 0 atom stereocenters. The van der Waals surface area contributed by atoms with Gasteiger partial charge in [-0.2, -0.15) is 0 Å². The number of hydrogen-bond donors (Lipinski definition) is 1. The number of hydrogen-bond acceptors (Lipinski definition) is 3. The van der Waals surface area contributed by atoms with Crippen molar-refractivity contribution in [3.63, 3.8) is 0 Å². The first-order valence-corrected chi connectivity index (χ1v) is 7.16. The quantitative estimate of drug-likeness (QED) is 0.663. The van der Waals surface area contributed by atoms with Gasteiger partial charge in [-0.3, -0.25) is 9.59 Å². The fourth-order valence-electron chi connectivity index (χ4n) is 2.03. The maximum absolute atomic E-state index is 12.0. The van der Waals surface area contributed by atoms with Crippen LogP contribution in [-0.4, -0.2) is 16.8 Å². The Balaban J connectivity index is 2.42. The van der Waals surface area contributed by atoms with Gasteiger partial charge >= 0.3 is 0 Å². The first-order chi connectivity index (χ1) is 9.00. The zero-order valence-electron chi connectivity index (χ0n) is 10.2. The summed E-state index contributed by atoms with van der Waals surface area (Å²) in [6.07, 6.45) is 2.30. The lowest BCUT2D eigenvalue weighted by Crippen LogP contribution is -2.35. The van der Waals surface area contributed by atoms with E-state index in [1.54, 1.807) is 18.2 Å². The maximum Gasteiger partial charge on any atom is 0.233 e. The summed E-state index contributed by atoms with van der Waals surface area (Å²) in [5, 5.41) is 0. The molecule has 0 unspecified atom stereocenters. The Labute approximate surface area is 125 Å². The first-order valence-electron chi connectivity index (χ1n) is 5.96. The fraction of sp³-hybridized carbons (Fsp3) is 0.308. The second kappa shape index (κ2) is 5.79. The Morgan fingerprint density at radius 3 is 2.26 bits per heavy atom. The lowest BCUT2D eigenvalue weighted by atomic mass is 10.2. The van der Waals surface area contributed by atoms with Gasteiger partial charge < -0.3 is 5.73 Å². The Kier molecular flexibility index (Phi) is 4.31. The molecule has 1 fully saturated rings. The van der Waals surface area contributed by atoms with Crippen molar-refractivity contribution < 1.29 is 9.59 Å². The molecule has 0 saturated carbocycles. The molecule has 2 rings (SSSR count). The lowest BCUT2D eigenvalue weighted by molar-refractivity contribution is -0.125. The molecular formula is C13H13BrN2O2S. The van der Waals surface area contributed by atoms with Crippen LogP contribution in [0.4, 0.5) is 5.69 Å². The fourth-order valence-corrected chi connectivity index (χ4v) is 2.71. The topological polar surface area (TPSA) is 63.4 Å². The number of amides is 2. The van der Waals surface area contributed by atoms with Crippen LogP contribution in [0.2, 0.25) is 0 Å². The smallest absolute Gasteiger partial charge is 0.233 e. The molecule has 0 radical (unpaired) electrons. The minimum atomic E-state index is -0.161. The molecule has 2 N–H and O–H groups in total. The molecule has 1 aliphatic rings. The van der Waals surface area contributed by atoms with E-state index in [1.807, 2.05) is 0 Å². The Morgan fingerprint density at radius 1 is 1.21 bits per heavy atom. The molecule has 6 heteroatoms. The lowest BCUT2D eigenvalue weighted by Gasteiger charge is -2.20. The van der Waals surface area contributed by atoms with Gasteiger partial charge in [0.1, 0.15) is 4.99 Å². The van der Waals surface area contributed by atoms with Crippen LogP contribution in [0.1, 0.15) is 31.2 Å². The molecule has 1 aromatic carbocycles. The monoisotopic (exact) mass is 340 g/mol. The van der Waals surface area contributed by atoms with Crippen molar-refractivity contribution in [2.75, 3.05) is 4.90 Å². The van der Waals surface area contributed by atoms with Crippen molar-refractivity contribution in [2.24, 2.45) is 5.73 Å². The van der Waals surface area contributed by atoms with Gasteiger partial charge in [0.15, 0.2) is 0 Å². The van der Waals surface area contributed by atoms with Crippen LogP contribution in [0.5, 0.6) is 0 Å². The van der Waals surface area contributed by atoms with Crippen LogP contribution in [0, 0.1) is 0 Å². The Hall–Kier alpha value is -1.27. The zero-order chi connectivity index (χ0) is 14.0. The third-order valence-corrected chi connectivity index (χ3v) is 3.87. The number of halogens is 1. The van der Waals surface area contributed by atoms with E-state index in [1.165, 1.54) is 4.90 Å². The Morgan fingerprint density at radius 2 is 1.79 bits per heavy atom. The molecule has 100 valence electrons. The van der Waals surface area contributed by atoms with E-state index in [4.69, 9.17) is 18.0 Å². The molecule has 4 nitrogen and oxygen atoms in total. The standard InChI is InChI=1S/C13H13BrN2O2S/c14-9-7-8(13(15)19)5-6-10(9)16-11(17)3-1-2-4-12(16)18/h5-7H,1-4H2,(H2,15,19). The highest BCUT2D eigenvalue weighted by atomic mass is 79.9. The summed E-state index contributed by atoms with van der Waals surface area (Å²) in [6, 6.07) is 5.14. The van der Waals surface area contributed by atoms with Crippen molar-refractivity contribution in [3.8, 4) is 0 Å². The van der Waals surface area contributed by atoms with Crippen LogP contribution >= 0.6 is 28.1 Å². The molecule has 1 saturated heterocycles. The van der Waals surface area contributed by atoms with Crippen molar-refractivity contribution in [1.29, 1.82) is 0 Å². The third-order valence-electron chi connectivity index (χ3n) is 3.00. The summed E-state index contributed by atoms with van der Waals surface area (Å²) >= 11 is 8.27. The number of rotatable bonds is 2. The van der Waals surface area contributed by atoms with Crippen molar-refractivity contribution in [1.82, 2.24) is 0 Å². The second-order valence-corrected chi connectivity index (χ2v) is 5.65. The van der Waals surface area contributed by atoms with Gasteiger partial charge in [0.25, 0.3) is 0 Å². The average Bonchev–Trinajstić information content (AvgIpc) is 2.51. The summed E-state index contributed by atoms with van der Waals surface area (Å²) in [4.78, 5) is 25.6. The van der Waals surface area contributed by atoms with E-state index in [0.717, 1.165) is 12.8 Å². The van der Waals surface area contributed by atoms with Crippen molar-refractivity contribution >= 4 is 50.6 Å². The van der Waals surface area contributed by atoms with E-state index in [0.29, 0.717) is 28.6 Å². The summed E-state index contributed by atoms with van der Waals surface area (Å²) < 4.78 is 0.640. The van der Waals surface area contributed by atoms with E-state index in [-0.39, 0.29) is 16.8 Å². The van der Waals surface area contributed by atoms with Crippen molar-refractivity contribution in [2.45, 2.75) is 25.7 Å². The third kappa shape index (κ3) is 3.01. The molecule has 2 amide bonds. The van der Waals surface area contributed by atoms with Crippen molar-refractivity contribution in [3.05, 3.63) is 28.2 Å². The SMILES string of the molecule is NC(=S)c1ccc(N2C(=O)CCCCC2=O)c(Br)c1. The number of nitrogens with two attached hydrogens (primary N) is 1. The van der Waals surface area contributed by atoms with Crippen LogP contribution < -0.4 is 10.6 Å². The molecule has 0 aliphatic carbocycles. The predicted octanol–water partition coefficient (Wildman–Crippen LogP) is 2.52. The number of carbonyl (C=O) groups is 2. The van der Waals surface area contributed by atoms with Crippen LogP contribution in [0.15, 0.2) is 22.7 Å². The van der Waals surface area contributed by atoms with Gasteiger partial charge in [0, 0.05) is 22.9 Å². The van der Waals surface area contributed by atoms with Gasteiger partial charge in [-0.1, -0.05) is 12.2 Å². The number of thiocarbonyl (C=S) groups is 1. The molecule has 1 aliphatic heterocycles. The average molecular weight is 341 g/mol. The second-order valence-electron chi connectivity index (χ2n) is 4.36. The normalized spacial score (nSPS) is 16.4. The van der Waals surface area contributed by atoms with E-state index in [9.17, 15) is 9.59 Å². The minimum Gasteiger partial charge on any atom is -0.389 e. The summed E-state index contributed by atoms with van der Waals surface area (Å²) in [6.45, 7) is 0. The number of benzene rings is 1. The highest BCUT2D eigenvalue weighted by Crippen LogP contribution is 2.30. The highest BCUT2D eigenvalue weighted by molar-refractivity contribution is 9.10. The van der Waals surface area contributed by atoms with Gasteiger partial charge in [-0.05, 0) is 47.0 Å². The zero-order valence-corrected chi connectivity index (χ0v) is 12.6. The summed E-state index contributed by atoms with van der Waals surface area (Å²) in [5.41, 5.74) is 6.80. The van der Waals surface area contributed by atoms with E-state index >= 15 is 0 Å². The van der Waals surface area contributed by atoms with Crippen LogP contribution in [-0.2, 0) is 9.59 Å². The number of anilines is 1. The summed E-state index contributed by atoms with van der Waals surface area (Å²) in [7, 11) is 0. The first kappa shape index (κ1) is 14.1. The van der Waals surface area contributed by atoms with Gasteiger partial charge in [-0.15, -0.1) is 0 Å². The molecule has 1 heterocycles. The largest absolute Gasteiger partial charge is 0.389 e. The predicted molar refractivity (Wildman–Crippen MR) is 81.0 cm³/mol. The van der Waals surface area contributed by atoms with Gasteiger partial charge in [0.2, 0.25) is 11.8 Å². The number of imide groups is 1. The molecule has 0 spiro atoms. The molecule has 19 heavy (non-hydrogen) atoms. The van der Waals surface area contributed by atoms with E-state index in [2.05, 4.69) is 15.9 Å². The number of carbonyl (C=O) groups excluding carboxylic acids is 2. The van der Waals surface area contributed by atoms with E-state index < -0.39 is 0 Å². The van der Waals surface area contributed by atoms with Crippen LogP contribution in [0.25, 0.3) is 0 Å². The van der Waals surface area contributed by atoms with Gasteiger partial charge in [-0.25, -0.2) is 4.90 Å². The van der Waals surface area contributed by atoms with Gasteiger partial charge in [0.05, 0.1) is 5.69 Å². The maximum atomic E-state index is 12.0. The highest BCUT2D eigenvalue weighted by Gasteiger charge is 2.27.